The van der Waals surface area contributed by atoms with Gasteiger partial charge >= 0.3 is 5.97 Å². The van der Waals surface area contributed by atoms with Crippen LogP contribution in [0.2, 0.25) is 0 Å². The Morgan fingerprint density at radius 1 is 1.44 bits per heavy atom. The molecule has 0 fully saturated rings. The summed E-state index contributed by atoms with van der Waals surface area (Å²) >= 11 is 0. The lowest BCUT2D eigenvalue weighted by molar-refractivity contribution is -0.137. The lowest BCUT2D eigenvalue weighted by atomic mass is 10.2. The molecule has 1 rings (SSSR count). The fourth-order valence-electron chi connectivity index (χ4n) is 1.50. The monoisotopic (exact) mass is 253 g/mol. The van der Waals surface area contributed by atoms with E-state index in [4.69, 9.17) is 15.6 Å². The van der Waals surface area contributed by atoms with Gasteiger partial charge < -0.3 is 15.6 Å². The van der Waals surface area contributed by atoms with Gasteiger partial charge in [0, 0.05) is 19.6 Å². The first-order valence-electron chi connectivity index (χ1n) is 5.69. The van der Waals surface area contributed by atoms with E-state index in [-0.39, 0.29) is 6.54 Å². The van der Waals surface area contributed by atoms with Gasteiger partial charge in [0.05, 0.1) is 7.11 Å². The smallest absolute Gasteiger partial charge is 0.318 e. The van der Waals surface area contributed by atoms with Gasteiger partial charge in [0.25, 0.3) is 0 Å². The van der Waals surface area contributed by atoms with Crippen LogP contribution in [0.4, 0.5) is 0 Å². The molecule has 0 aliphatic carbocycles. The van der Waals surface area contributed by atoms with E-state index in [0.717, 1.165) is 11.3 Å². The molecule has 0 saturated heterocycles. The van der Waals surface area contributed by atoms with Crippen molar-refractivity contribution in [2.45, 2.75) is 6.54 Å². The van der Waals surface area contributed by atoms with E-state index in [1.807, 2.05) is 24.3 Å². The average Bonchev–Trinajstić information content (AvgIpc) is 2.37. The van der Waals surface area contributed by atoms with Gasteiger partial charge in [0.15, 0.2) is 0 Å². The van der Waals surface area contributed by atoms with Crippen LogP contribution in [0.25, 0.3) is 0 Å². The van der Waals surface area contributed by atoms with Crippen LogP contribution in [-0.4, -0.2) is 42.8 Å². The summed E-state index contributed by atoms with van der Waals surface area (Å²) in [6.45, 7) is 1.52. The second-order valence-electron chi connectivity index (χ2n) is 3.79. The normalized spacial score (nSPS) is 10.6. The first kappa shape index (κ1) is 14.4. The highest BCUT2D eigenvalue weighted by atomic mass is 16.5. The van der Waals surface area contributed by atoms with E-state index in [2.05, 4.69) is 5.43 Å². The van der Waals surface area contributed by atoms with Crippen LogP contribution in [0.3, 0.4) is 0 Å². The number of nitrogens with one attached hydrogen (secondary N) is 1. The van der Waals surface area contributed by atoms with Crippen LogP contribution >= 0.6 is 0 Å². The molecule has 0 bridgehead atoms. The third-order valence-corrected chi connectivity index (χ3v) is 2.39. The molecular formula is C12H19N3O3. The van der Waals surface area contributed by atoms with E-state index in [9.17, 15) is 4.79 Å². The van der Waals surface area contributed by atoms with Crippen LogP contribution in [0.15, 0.2) is 24.3 Å². The zero-order chi connectivity index (χ0) is 13.4. The van der Waals surface area contributed by atoms with Crippen LogP contribution in [0.1, 0.15) is 5.56 Å². The summed E-state index contributed by atoms with van der Waals surface area (Å²) in [7, 11) is 1.62. The maximum Gasteiger partial charge on any atom is 0.318 e. The number of carbonyl (C=O) groups is 1. The molecular weight excluding hydrogens is 234 g/mol. The predicted octanol–water partition coefficient (Wildman–Crippen LogP) is 0.0451. The summed E-state index contributed by atoms with van der Waals surface area (Å²) in [5, 5.41) is 10.4. The van der Waals surface area contributed by atoms with Crippen LogP contribution in [0, 0.1) is 0 Å². The van der Waals surface area contributed by atoms with Crippen molar-refractivity contribution in [3.05, 3.63) is 29.8 Å². The Morgan fingerprint density at radius 3 is 2.61 bits per heavy atom. The molecule has 0 heterocycles. The molecule has 6 heteroatoms. The molecule has 0 aromatic heterocycles. The summed E-state index contributed by atoms with van der Waals surface area (Å²) in [5.74, 6) is -0.102. The van der Waals surface area contributed by atoms with Gasteiger partial charge in [-0.2, -0.15) is 0 Å². The van der Waals surface area contributed by atoms with Crippen LogP contribution in [-0.2, 0) is 11.3 Å². The minimum atomic E-state index is -0.897. The van der Waals surface area contributed by atoms with Crippen molar-refractivity contribution < 1.29 is 14.6 Å². The SMILES string of the molecule is COc1ccc(CN(CCN)NCC(=O)O)cc1. The molecule has 0 aliphatic heterocycles. The van der Waals surface area contributed by atoms with E-state index >= 15 is 0 Å². The topological polar surface area (TPSA) is 87.8 Å². The second-order valence-corrected chi connectivity index (χ2v) is 3.79. The van der Waals surface area contributed by atoms with Crippen LogP contribution in [0.5, 0.6) is 5.75 Å². The van der Waals surface area contributed by atoms with Crippen molar-refractivity contribution in [1.29, 1.82) is 0 Å². The number of hydrogen-bond acceptors (Lipinski definition) is 5. The molecule has 4 N–H and O–H groups in total. The number of nitrogens with zero attached hydrogens (tertiary/aromatic N) is 1. The minimum absolute atomic E-state index is 0.115. The number of methoxy groups -OCH3 is 1. The Bertz CT molecular complexity index is 367. The lowest BCUT2D eigenvalue weighted by Gasteiger charge is -2.21. The Kier molecular flexibility index (Phi) is 6.13. The largest absolute Gasteiger partial charge is 0.497 e. The van der Waals surface area contributed by atoms with Crippen molar-refractivity contribution in [2.24, 2.45) is 5.73 Å². The molecule has 6 nitrogen and oxygen atoms in total. The molecule has 0 saturated carbocycles. The standard InChI is InChI=1S/C12H19N3O3/c1-18-11-4-2-10(3-5-11)9-15(7-6-13)14-8-12(16)17/h2-5,14H,6-9,13H2,1H3,(H,16,17). The maximum atomic E-state index is 10.5. The highest BCUT2D eigenvalue weighted by molar-refractivity contribution is 5.68. The lowest BCUT2D eigenvalue weighted by Crippen LogP contribution is -2.43. The molecule has 18 heavy (non-hydrogen) atoms. The van der Waals surface area contributed by atoms with Crippen molar-refractivity contribution >= 4 is 5.97 Å². The highest BCUT2D eigenvalue weighted by Gasteiger charge is 2.06. The Hall–Kier alpha value is -1.63. The molecule has 1 aromatic rings. The number of carboxylic acids is 1. The number of carboxylic acid groups (broad SMARTS) is 1. The molecule has 0 aliphatic rings. The van der Waals surface area contributed by atoms with E-state index in [1.165, 1.54) is 0 Å². The average molecular weight is 253 g/mol. The fraction of sp³-hybridized carbons (Fsp3) is 0.417. The number of rotatable bonds is 8. The van der Waals surface area contributed by atoms with E-state index in [0.29, 0.717) is 19.6 Å². The van der Waals surface area contributed by atoms with Gasteiger partial charge in [-0.25, -0.2) is 10.4 Å². The molecule has 0 amide bonds. The van der Waals surface area contributed by atoms with Gasteiger partial charge in [-0.05, 0) is 17.7 Å². The zero-order valence-corrected chi connectivity index (χ0v) is 10.4. The summed E-state index contributed by atoms with van der Waals surface area (Å²) in [5.41, 5.74) is 9.36. The Morgan fingerprint density at radius 2 is 2.11 bits per heavy atom. The minimum Gasteiger partial charge on any atom is -0.497 e. The van der Waals surface area contributed by atoms with Gasteiger partial charge in [-0.3, -0.25) is 4.79 Å². The van der Waals surface area contributed by atoms with Crippen LogP contribution < -0.4 is 15.9 Å². The van der Waals surface area contributed by atoms with Crippen molar-refractivity contribution in [2.75, 3.05) is 26.7 Å². The van der Waals surface area contributed by atoms with Gasteiger partial charge in [0.2, 0.25) is 0 Å². The molecule has 0 unspecified atom stereocenters. The fourth-order valence-corrected chi connectivity index (χ4v) is 1.50. The Labute approximate surface area is 106 Å². The molecule has 0 atom stereocenters. The van der Waals surface area contributed by atoms with Crippen molar-refractivity contribution in [3.8, 4) is 5.75 Å². The molecule has 0 spiro atoms. The van der Waals surface area contributed by atoms with Gasteiger partial charge in [0.1, 0.15) is 12.3 Å². The Balaban J connectivity index is 2.55. The molecule has 0 radical (unpaired) electrons. The van der Waals surface area contributed by atoms with E-state index < -0.39 is 5.97 Å². The quantitative estimate of drug-likeness (QED) is 0.567. The molecule has 1 aromatic carbocycles. The maximum absolute atomic E-state index is 10.5. The van der Waals surface area contributed by atoms with Gasteiger partial charge in [-0.15, -0.1) is 0 Å². The number of nitrogens with two attached hydrogens (primary N) is 1. The number of hydrazine groups is 1. The number of aliphatic carboxylic acids is 1. The summed E-state index contributed by atoms with van der Waals surface area (Å²) in [6, 6.07) is 7.61. The molecule has 100 valence electrons. The zero-order valence-electron chi connectivity index (χ0n) is 10.4. The number of benzene rings is 1. The third kappa shape index (κ3) is 5.13. The number of hydrogen-bond donors (Lipinski definition) is 3. The third-order valence-electron chi connectivity index (χ3n) is 2.39. The van der Waals surface area contributed by atoms with Crippen molar-refractivity contribution in [3.63, 3.8) is 0 Å². The number of ether oxygens (including phenoxy) is 1. The summed E-state index contributed by atoms with van der Waals surface area (Å²) in [4.78, 5) is 10.5. The van der Waals surface area contributed by atoms with E-state index in [1.54, 1.807) is 12.1 Å². The second kappa shape index (κ2) is 7.65. The summed E-state index contributed by atoms with van der Waals surface area (Å²) < 4.78 is 5.07. The summed E-state index contributed by atoms with van der Waals surface area (Å²) in [6.07, 6.45) is 0. The van der Waals surface area contributed by atoms with Gasteiger partial charge in [-0.1, -0.05) is 12.1 Å². The highest BCUT2D eigenvalue weighted by Crippen LogP contribution is 2.12. The van der Waals surface area contributed by atoms with Crippen molar-refractivity contribution in [1.82, 2.24) is 10.4 Å². The first-order chi connectivity index (χ1) is 8.65. The first-order valence-corrected chi connectivity index (χ1v) is 5.69. The predicted molar refractivity (Wildman–Crippen MR) is 68.1 cm³/mol.